The summed E-state index contributed by atoms with van der Waals surface area (Å²) in [5.74, 6) is 0.679. The second-order valence-corrected chi connectivity index (χ2v) is 7.70. The molecule has 0 saturated carbocycles. The molecule has 0 unspecified atom stereocenters. The quantitative estimate of drug-likeness (QED) is 0.667. The number of benzene rings is 1. The van der Waals surface area contributed by atoms with Crippen LogP contribution < -0.4 is 4.74 Å². The van der Waals surface area contributed by atoms with Crippen LogP contribution in [0.1, 0.15) is 16.1 Å². The Kier molecular flexibility index (Phi) is 5.06. The van der Waals surface area contributed by atoms with E-state index in [1.807, 2.05) is 48.2 Å². The number of rotatable bonds is 3. The lowest BCUT2D eigenvalue weighted by Gasteiger charge is -2.20. The molecule has 0 spiro atoms. The minimum absolute atomic E-state index is 0.0209. The average molecular weight is 405 g/mol. The van der Waals surface area contributed by atoms with Gasteiger partial charge in [-0.25, -0.2) is 0 Å². The zero-order valence-electron chi connectivity index (χ0n) is 16.7. The highest BCUT2D eigenvalue weighted by Gasteiger charge is 2.40. The Hall–Kier alpha value is -3.03. The Morgan fingerprint density at radius 3 is 2.53 bits per heavy atom. The van der Waals surface area contributed by atoms with Crippen LogP contribution in [-0.2, 0) is 9.47 Å². The highest BCUT2D eigenvalue weighted by molar-refractivity contribution is 6.06. The van der Waals surface area contributed by atoms with E-state index >= 15 is 0 Å². The van der Waals surface area contributed by atoms with Crippen molar-refractivity contribution >= 4 is 16.8 Å². The first kappa shape index (κ1) is 19.0. The molecule has 2 aliphatic heterocycles. The first-order valence-electron chi connectivity index (χ1n) is 10.1. The Bertz CT molecular complexity index is 1030. The number of carbonyl (C=O) groups is 1. The van der Waals surface area contributed by atoms with Gasteiger partial charge in [-0.15, -0.1) is 0 Å². The molecule has 0 bridgehead atoms. The van der Waals surface area contributed by atoms with E-state index in [-0.39, 0.29) is 24.2 Å². The van der Waals surface area contributed by atoms with E-state index in [0.717, 1.165) is 16.6 Å². The molecule has 154 valence electrons. The number of carbonyl (C=O) groups excluding carboxylic acids is 1. The molecule has 1 aromatic carbocycles. The fourth-order valence-electron chi connectivity index (χ4n) is 3.98. The molecule has 3 aromatic rings. The van der Waals surface area contributed by atoms with Crippen LogP contribution in [0.4, 0.5) is 0 Å². The number of ether oxygens (including phenoxy) is 3. The Morgan fingerprint density at radius 2 is 1.80 bits per heavy atom. The van der Waals surface area contributed by atoms with Crippen molar-refractivity contribution in [2.24, 2.45) is 0 Å². The maximum absolute atomic E-state index is 13.2. The highest BCUT2D eigenvalue weighted by atomic mass is 16.6. The van der Waals surface area contributed by atoms with Crippen LogP contribution in [0.15, 0.2) is 54.9 Å². The molecular formula is C23H23N3O4. The van der Waals surface area contributed by atoms with Gasteiger partial charge in [-0.2, -0.15) is 0 Å². The summed E-state index contributed by atoms with van der Waals surface area (Å²) in [5, 5.41) is 0.860. The van der Waals surface area contributed by atoms with Crippen molar-refractivity contribution in [3.63, 3.8) is 0 Å². The van der Waals surface area contributed by atoms with Gasteiger partial charge < -0.3 is 19.1 Å². The maximum Gasteiger partial charge on any atom is 0.254 e. The summed E-state index contributed by atoms with van der Waals surface area (Å²) >= 11 is 0. The number of pyridine rings is 2. The predicted molar refractivity (Wildman–Crippen MR) is 111 cm³/mol. The van der Waals surface area contributed by atoms with Crippen molar-refractivity contribution < 1.29 is 19.0 Å². The van der Waals surface area contributed by atoms with Gasteiger partial charge in [0.2, 0.25) is 0 Å². The molecule has 0 N–H and O–H groups in total. The lowest BCUT2D eigenvalue weighted by atomic mass is 10.1. The number of amides is 1. The minimum Gasteiger partial charge on any atom is -0.484 e. The van der Waals surface area contributed by atoms with Crippen molar-refractivity contribution in [2.45, 2.75) is 25.2 Å². The molecule has 2 aromatic heterocycles. The van der Waals surface area contributed by atoms with E-state index in [1.54, 1.807) is 18.5 Å². The molecule has 2 fully saturated rings. The normalized spacial score (nSPS) is 22.0. The average Bonchev–Trinajstić information content (AvgIpc) is 3.10. The molecule has 2 saturated heterocycles. The fourth-order valence-corrected chi connectivity index (χ4v) is 3.98. The second kappa shape index (κ2) is 8.01. The van der Waals surface area contributed by atoms with E-state index in [1.165, 1.54) is 0 Å². The van der Waals surface area contributed by atoms with Gasteiger partial charge in [0.25, 0.3) is 5.91 Å². The largest absolute Gasteiger partial charge is 0.484 e. The van der Waals surface area contributed by atoms with Crippen LogP contribution >= 0.6 is 0 Å². The standard InChI is InChI=1S/C23H23N3O4/c1-15-6-7-16(10-25-15)30-17-13-28-21-11-26(12-22(21)29-14-17)23(27)19-8-9-24-20-5-3-2-4-18(19)20/h2-10,17,21-22H,11-14H2,1H3/t21-,22-/m0/s1. The Labute approximate surface area is 174 Å². The molecule has 0 aliphatic carbocycles. The van der Waals surface area contributed by atoms with Gasteiger partial charge in [0.15, 0.2) is 0 Å². The highest BCUT2D eigenvalue weighted by Crippen LogP contribution is 2.25. The lowest BCUT2D eigenvalue weighted by molar-refractivity contribution is -0.00461. The molecule has 30 heavy (non-hydrogen) atoms. The number of fused-ring (bicyclic) bond motifs is 2. The van der Waals surface area contributed by atoms with Crippen molar-refractivity contribution in [1.82, 2.24) is 14.9 Å². The molecule has 1 amide bonds. The molecule has 2 aliphatic rings. The number of hydrogen-bond acceptors (Lipinski definition) is 6. The zero-order valence-corrected chi connectivity index (χ0v) is 16.7. The van der Waals surface area contributed by atoms with E-state index in [9.17, 15) is 4.79 Å². The van der Waals surface area contributed by atoms with Gasteiger partial charge in [-0.3, -0.25) is 14.8 Å². The fraction of sp³-hybridized carbons (Fsp3) is 0.348. The molecule has 0 radical (unpaired) electrons. The van der Waals surface area contributed by atoms with Crippen LogP contribution in [0.25, 0.3) is 10.9 Å². The number of aryl methyl sites for hydroxylation is 1. The van der Waals surface area contributed by atoms with Crippen molar-refractivity contribution in [1.29, 1.82) is 0 Å². The van der Waals surface area contributed by atoms with Crippen molar-refractivity contribution in [2.75, 3.05) is 26.3 Å². The zero-order chi connectivity index (χ0) is 20.5. The third-order valence-electron chi connectivity index (χ3n) is 5.56. The molecule has 4 heterocycles. The third-order valence-corrected chi connectivity index (χ3v) is 5.56. The molecule has 7 nitrogen and oxygen atoms in total. The topological polar surface area (TPSA) is 73.8 Å². The SMILES string of the molecule is Cc1ccc(OC2CO[C@H]3CN(C(=O)c4ccnc5ccccc45)C[C@@H]3OC2)cn1. The van der Waals surface area contributed by atoms with Crippen LogP contribution in [-0.4, -0.2) is 65.4 Å². The molecule has 2 atom stereocenters. The first-order valence-corrected chi connectivity index (χ1v) is 10.1. The number of aromatic nitrogens is 2. The second-order valence-electron chi connectivity index (χ2n) is 7.70. The number of likely N-dealkylation sites (tertiary alicyclic amines) is 1. The van der Waals surface area contributed by atoms with Gasteiger partial charge in [0.1, 0.15) is 24.1 Å². The van der Waals surface area contributed by atoms with Crippen molar-refractivity contribution in [3.8, 4) is 5.75 Å². The van der Waals surface area contributed by atoms with E-state index in [0.29, 0.717) is 37.6 Å². The van der Waals surface area contributed by atoms with Crippen LogP contribution in [0, 0.1) is 6.92 Å². The minimum atomic E-state index is -0.201. The smallest absolute Gasteiger partial charge is 0.254 e. The van der Waals surface area contributed by atoms with Crippen molar-refractivity contribution in [3.05, 3.63) is 66.1 Å². The summed E-state index contributed by atoms with van der Waals surface area (Å²) in [5.41, 5.74) is 2.41. The summed E-state index contributed by atoms with van der Waals surface area (Å²) in [6.45, 7) is 3.76. The monoisotopic (exact) mass is 405 g/mol. The number of para-hydroxylation sites is 1. The Morgan fingerprint density at radius 1 is 1.03 bits per heavy atom. The van der Waals surface area contributed by atoms with Crippen LogP contribution in [0.5, 0.6) is 5.75 Å². The third kappa shape index (κ3) is 3.74. The lowest BCUT2D eigenvalue weighted by Crippen LogP contribution is -2.33. The maximum atomic E-state index is 13.2. The van der Waals surface area contributed by atoms with Gasteiger partial charge in [0, 0.05) is 30.4 Å². The predicted octanol–water partition coefficient (Wildman–Crippen LogP) is 2.63. The first-order chi connectivity index (χ1) is 14.7. The summed E-state index contributed by atoms with van der Waals surface area (Å²) in [4.78, 5) is 23.6. The van der Waals surface area contributed by atoms with E-state index in [4.69, 9.17) is 14.2 Å². The number of hydrogen-bond donors (Lipinski definition) is 0. The van der Waals surface area contributed by atoms with Gasteiger partial charge in [0.05, 0.1) is 30.5 Å². The van der Waals surface area contributed by atoms with Gasteiger partial charge in [-0.05, 0) is 31.2 Å². The molecule has 7 heteroatoms. The van der Waals surface area contributed by atoms with Gasteiger partial charge in [-0.1, -0.05) is 18.2 Å². The van der Waals surface area contributed by atoms with Crippen LogP contribution in [0.2, 0.25) is 0 Å². The van der Waals surface area contributed by atoms with E-state index < -0.39 is 0 Å². The number of nitrogens with zero attached hydrogens (tertiary/aromatic N) is 3. The Balaban J connectivity index is 1.24. The van der Waals surface area contributed by atoms with Crippen LogP contribution in [0.3, 0.4) is 0 Å². The summed E-state index contributed by atoms with van der Waals surface area (Å²) in [6, 6.07) is 13.3. The summed E-state index contributed by atoms with van der Waals surface area (Å²) < 4.78 is 18.1. The van der Waals surface area contributed by atoms with E-state index in [2.05, 4.69) is 9.97 Å². The summed E-state index contributed by atoms with van der Waals surface area (Å²) in [6.07, 6.45) is 2.87. The molecule has 5 rings (SSSR count). The van der Waals surface area contributed by atoms with Gasteiger partial charge >= 0.3 is 0 Å². The summed E-state index contributed by atoms with van der Waals surface area (Å²) in [7, 11) is 0. The molecular weight excluding hydrogens is 382 g/mol.